The van der Waals surface area contributed by atoms with E-state index >= 15 is 0 Å². The molecule has 3 rings (SSSR count). The Bertz CT molecular complexity index is 918. The third kappa shape index (κ3) is 5.01. The molecule has 0 spiro atoms. The van der Waals surface area contributed by atoms with Gasteiger partial charge in [0.15, 0.2) is 0 Å². The molecule has 154 valence electrons. The molecule has 2 aromatic rings. The van der Waals surface area contributed by atoms with Crippen molar-refractivity contribution in [1.29, 1.82) is 0 Å². The van der Waals surface area contributed by atoms with Crippen molar-refractivity contribution in [1.82, 2.24) is 10.2 Å². The van der Waals surface area contributed by atoms with Gasteiger partial charge in [-0.3, -0.25) is 0 Å². The zero-order chi connectivity index (χ0) is 21.1. The van der Waals surface area contributed by atoms with Crippen molar-refractivity contribution in [2.24, 2.45) is 0 Å². The first kappa shape index (κ1) is 21.4. The van der Waals surface area contributed by atoms with Gasteiger partial charge in [0, 0.05) is 34.7 Å². The van der Waals surface area contributed by atoms with E-state index in [0.29, 0.717) is 22.2 Å². The number of fused-ring (bicyclic) bond motifs is 1. The summed E-state index contributed by atoms with van der Waals surface area (Å²) >= 11 is 12.7. The number of hydrogen-bond acceptors (Lipinski definition) is 3. The van der Waals surface area contributed by atoms with Crippen molar-refractivity contribution in [3.63, 3.8) is 0 Å². The molecule has 0 fully saturated rings. The number of likely N-dealkylation sites (N-methyl/N-ethyl adjacent to an activating group) is 1. The van der Waals surface area contributed by atoms with Gasteiger partial charge in [-0.05, 0) is 54.4 Å². The van der Waals surface area contributed by atoms with Gasteiger partial charge >= 0.3 is 12.0 Å². The fraction of sp³-hybridized carbons (Fsp3) is 0.333. The Morgan fingerprint density at radius 3 is 2.55 bits per heavy atom. The van der Waals surface area contributed by atoms with Crippen LogP contribution >= 0.6 is 23.2 Å². The maximum absolute atomic E-state index is 12.0. The molecule has 2 atom stereocenters. The van der Waals surface area contributed by atoms with Gasteiger partial charge in [-0.1, -0.05) is 42.3 Å². The number of nitrogens with one attached hydrogen (secondary N) is 2. The van der Waals surface area contributed by atoms with Gasteiger partial charge in [-0.2, -0.15) is 0 Å². The average Bonchev–Trinajstić information content (AvgIpc) is 2.66. The van der Waals surface area contributed by atoms with E-state index in [2.05, 4.69) is 15.5 Å². The Labute approximate surface area is 179 Å². The fourth-order valence-electron chi connectivity index (χ4n) is 3.59. The molecule has 0 saturated carbocycles. The van der Waals surface area contributed by atoms with Crippen molar-refractivity contribution in [2.45, 2.75) is 31.8 Å². The number of rotatable bonds is 5. The molecular formula is C21H23Cl2N3O3. The number of hydrogen-bond donors (Lipinski definition) is 3. The summed E-state index contributed by atoms with van der Waals surface area (Å²) in [7, 11) is 2.05. The van der Waals surface area contributed by atoms with Crippen LogP contribution in [0.4, 0.5) is 10.5 Å². The summed E-state index contributed by atoms with van der Waals surface area (Å²) in [6, 6.07) is 9.78. The van der Waals surface area contributed by atoms with Gasteiger partial charge in [0.2, 0.25) is 0 Å². The van der Waals surface area contributed by atoms with Crippen LogP contribution in [0.1, 0.15) is 36.0 Å². The normalized spacial score (nSPS) is 17.3. The summed E-state index contributed by atoms with van der Waals surface area (Å²) in [4.78, 5) is 25.3. The highest BCUT2D eigenvalue weighted by molar-refractivity contribution is 6.35. The highest BCUT2D eigenvalue weighted by Crippen LogP contribution is 2.38. The maximum Gasteiger partial charge on any atom is 0.326 e. The second kappa shape index (κ2) is 9.03. The van der Waals surface area contributed by atoms with Gasteiger partial charge in [0.25, 0.3) is 0 Å². The van der Waals surface area contributed by atoms with Crippen LogP contribution in [0, 0.1) is 0 Å². The summed E-state index contributed by atoms with van der Waals surface area (Å²) in [6.07, 6.45) is 0.307. The molecule has 1 aliphatic heterocycles. The number of amides is 2. The lowest BCUT2D eigenvalue weighted by Gasteiger charge is -2.33. The third-order valence-corrected chi connectivity index (χ3v) is 5.63. The molecule has 1 aliphatic rings. The van der Waals surface area contributed by atoms with Crippen LogP contribution in [0.5, 0.6) is 0 Å². The van der Waals surface area contributed by atoms with Crippen LogP contribution in [-0.2, 0) is 11.3 Å². The molecule has 8 heteroatoms. The molecule has 0 bridgehead atoms. The summed E-state index contributed by atoms with van der Waals surface area (Å²) in [5.74, 6) is -0.949. The van der Waals surface area contributed by atoms with Gasteiger partial charge < -0.3 is 20.6 Å². The van der Waals surface area contributed by atoms with E-state index < -0.39 is 18.0 Å². The second-order valence-electron chi connectivity index (χ2n) is 7.22. The van der Waals surface area contributed by atoms with Crippen molar-refractivity contribution < 1.29 is 14.7 Å². The van der Waals surface area contributed by atoms with Crippen LogP contribution < -0.4 is 10.6 Å². The van der Waals surface area contributed by atoms with E-state index in [4.69, 9.17) is 28.3 Å². The predicted octanol–water partition coefficient (Wildman–Crippen LogP) is 4.56. The van der Waals surface area contributed by atoms with Crippen LogP contribution in [0.15, 0.2) is 36.4 Å². The molecule has 1 heterocycles. The zero-order valence-electron chi connectivity index (χ0n) is 16.2. The number of anilines is 1. The van der Waals surface area contributed by atoms with Crippen LogP contribution in [0.3, 0.4) is 0 Å². The predicted molar refractivity (Wildman–Crippen MR) is 115 cm³/mol. The third-order valence-electron chi connectivity index (χ3n) is 5.08. The largest absolute Gasteiger partial charge is 0.480 e. The number of urea groups is 1. The molecule has 3 N–H and O–H groups in total. The Balaban J connectivity index is 1.77. The highest BCUT2D eigenvalue weighted by atomic mass is 35.5. The minimum atomic E-state index is -1.06. The van der Waals surface area contributed by atoms with E-state index in [1.807, 2.05) is 25.2 Å². The molecular weight excluding hydrogens is 413 g/mol. The van der Waals surface area contributed by atoms with E-state index in [-0.39, 0.29) is 5.92 Å². The van der Waals surface area contributed by atoms with Crippen molar-refractivity contribution >= 4 is 40.9 Å². The Kier molecular flexibility index (Phi) is 6.67. The quantitative estimate of drug-likeness (QED) is 0.642. The van der Waals surface area contributed by atoms with Crippen LogP contribution in [-0.4, -0.2) is 41.6 Å². The Morgan fingerprint density at radius 2 is 1.93 bits per heavy atom. The first-order valence-corrected chi connectivity index (χ1v) is 10.1. The molecule has 0 saturated heterocycles. The summed E-state index contributed by atoms with van der Waals surface area (Å²) < 4.78 is 0. The number of aliphatic carboxylic acids is 1. The number of carboxylic acids is 1. The van der Waals surface area contributed by atoms with Gasteiger partial charge in [-0.15, -0.1) is 0 Å². The molecule has 2 amide bonds. The average molecular weight is 436 g/mol. The smallest absolute Gasteiger partial charge is 0.326 e. The standard InChI is InChI=1S/C21H23Cl2N3O3/c1-3-19(20(27)28)25-21(29)24-14-6-4-12(5-7-14)16-10-26(2)11-17-15(16)8-13(22)9-18(17)23/h4-9,16,19H,3,10-11H2,1-2H3,(H,27,28)(H2,24,25,29). The lowest BCUT2D eigenvalue weighted by molar-refractivity contribution is -0.139. The van der Waals surface area contributed by atoms with E-state index in [0.717, 1.165) is 29.8 Å². The molecule has 29 heavy (non-hydrogen) atoms. The van der Waals surface area contributed by atoms with Crippen molar-refractivity contribution in [3.8, 4) is 0 Å². The lowest BCUT2D eigenvalue weighted by atomic mass is 9.85. The number of halogens is 2. The molecule has 2 aromatic carbocycles. The molecule has 6 nitrogen and oxygen atoms in total. The number of carboxylic acid groups (broad SMARTS) is 1. The number of carbonyl (C=O) groups excluding carboxylic acids is 1. The monoisotopic (exact) mass is 435 g/mol. The minimum Gasteiger partial charge on any atom is -0.480 e. The lowest BCUT2D eigenvalue weighted by Crippen LogP contribution is -2.42. The molecule has 0 aliphatic carbocycles. The topological polar surface area (TPSA) is 81.7 Å². The summed E-state index contributed by atoms with van der Waals surface area (Å²) in [5.41, 5.74) is 3.86. The highest BCUT2D eigenvalue weighted by Gasteiger charge is 2.27. The first-order valence-electron chi connectivity index (χ1n) is 9.35. The van der Waals surface area contributed by atoms with Gasteiger partial charge in [0.1, 0.15) is 6.04 Å². The SMILES string of the molecule is CCC(NC(=O)Nc1ccc(C2CN(C)Cc3c(Cl)cc(Cl)cc32)cc1)C(=O)O. The molecule has 0 radical (unpaired) electrons. The van der Waals surface area contributed by atoms with Gasteiger partial charge in [-0.25, -0.2) is 9.59 Å². The summed E-state index contributed by atoms with van der Waals surface area (Å²) in [6.45, 7) is 3.29. The van der Waals surface area contributed by atoms with Crippen molar-refractivity contribution in [2.75, 3.05) is 18.9 Å². The Hall–Kier alpha value is -2.28. The number of nitrogens with zero attached hydrogens (tertiary/aromatic N) is 1. The van der Waals surface area contributed by atoms with Crippen molar-refractivity contribution in [3.05, 3.63) is 63.1 Å². The number of carbonyl (C=O) groups is 2. The number of benzene rings is 2. The molecule has 2 unspecified atom stereocenters. The van der Waals surface area contributed by atoms with E-state index in [1.54, 1.807) is 25.1 Å². The Morgan fingerprint density at radius 1 is 1.24 bits per heavy atom. The van der Waals surface area contributed by atoms with E-state index in [1.165, 1.54) is 0 Å². The zero-order valence-corrected chi connectivity index (χ0v) is 17.7. The fourth-order valence-corrected chi connectivity index (χ4v) is 4.16. The molecule has 0 aromatic heterocycles. The van der Waals surface area contributed by atoms with Crippen LogP contribution in [0.2, 0.25) is 10.0 Å². The first-order chi connectivity index (χ1) is 13.8. The minimum absolute atomic E-state index is 0.110. The maximum atomic E-state index is 12.0. The van der Waals surface area contributed by atoms with E-state index in [9.17, 15) is 9.59 Å². The second-order valence-corrected chi connectivity index (χ2v) is 8.07. The van der Waals surface area contributed by atoms with Crippen LogP contribution in [0.25, 0.3) is 0 Å². The van der Waals surface area contributed by atoms with Gasteiger partial charge in [0.05, 0.1) is 0 Å². The summed E-state index contributed by atoms with van der Waals surface area (Å²) in [5, 5.41) is 15.4.